The van der Waals surface area contributed by atoms with Crippen LogP contribution in [-0.2, 0) is 0 Å². The van der Waals surface area contributed by atoms with E-state index in [0.29, 0.717) is 0 Å². The summed E-state index contributed by atoms with van der Waals surface area (Å²) < 4.78 is 0. The van der Waals surface area contributed by atoms with Gasteiger partial charge in [0.1, 0.15) is 0 Å². The molecule has 0 N–H and O–H groups in total. The zero-order chi connectivity index (χ0) is 9.73. The van der Waals surface area contributed by atoms with Crippen LogP contribution in [0.4, 0.5) is 0 Å². The lowest BCUT2D eigenvalue weighted by molar-refractivity contribution is 0.181. The van der Waals surface area contributed by atoms with E-state index in [2.05, 4.69) is 19.9 Å². The Bertz CT molecular complexity index is 188. The molecule has 1 aliphatic carbocycles. The van der Waals surface area contributed by atoms with E-state index in [9.17, 15) is 5.26 Å². The van der Waals surface area contributed by atoms with Crippen molar-refractivity contribution < 1.29 is 0 Å². The van der Waals surface area contributed by atoms with Gasteiger partial charge in [-0.25, -0.2) is 0 Å². The normalized spacial score (nSPS) is 34.1. The molecule has 0 aromatic rings. The molecule has 0 aromatic carbocycles. The fraction of sp³-hybridized carbons (Fsp3) is 0.917. The van der Waals surface area contributed by atoms with Crippen molar-refractivity contribution in [2.24, 2.45) is 11.3 Å². The molecule has 0 radical (unpaired) electrons. The maximum absolute atomic E-state index is 9.24. The van der Waals surface area contributed by atoms with Crippen molar-refractivity contribution in [3.63, 3.8) is 0 Å². The van der Waals surface area contributed by atoms with Crippen LogP contribution in [0.3, 0.4) is 0 Å². The molecule has 0 spiro atoms. The molecule has 1 heteroatoms. The molecule has 0 heterocycles. The van der Waals surface area contributed by atoms with Crippen LogP contribution in [0.2, 0.25) is 0 Å². The third kappa shape index (κ3) is 2.46. The van der Waals surface area contributed by atoms with Gasteiger partial charge in [0, 0.05) is 0 Å². The van der Waals surface area contributed by atoms with Crippen molar-refractivity contribution in [2.75, 3.05) is 0 Å². The van der Waals surface area contributed by atoms with Gasteiger partial charge in [0.2, 0.25) is 0 Å². The van der Waals surface area contributed by atoms with Crippen molar-refractivity contribution in [2.45, 2.75) is 58.8 Å². The van der Waals surface area contributed by atoms with Crippen molar-refractivity contribution in [1.82, 2.24) is 0 Å². The first-order valence-corrected chi connectivity index (χ1v) is 5.67. The minimum absolute atomic E-state index is 0.0493. The first kappa shape index (κ1) is 10.6. The van der Waals surface area contributed by atoms with Crippen LogP contribution in [0, 0.1) is 22.7 Å². The minimum atomic E-state index is 0.0493. The Labute approximate surface area is 82.1 Å². The first-order valence-electron chi connectivity index (χ1n) is 5.67. The molecule has 0 saturated heterocycles. The van der Waals surface area contributed by atoms with E-state index in [0.717, 1.165) is 31.6 Å². The molecule has 74 valence electrons. The number of hydrogen-bond donors (Lipinski definition) is 0. The van der Waals surface area contributed by atoms with Crippen molar-refractivity contribution in [3.8, 4) is 6.07 Å². The topological polar surface area (TPSA) is 23.8 Å². The number of nitriles is 1. The Morgan fingerprint density at radius 3 is 2.77 bits per heavy atom. The summed E-state index contributed by atoms with van der Waals surface area (Å²) in [5.74, 6) is 0.819. The van der Waals surface area contributed by atoms with Crippen LogP contribution in [0.25, 0.3) is 0 Å². The van der Waals surface area contributed by atoms with Gasteiger partial charge >= 0.3 is 0 Å². The second-order valence-corrected chi connectivity index (χ2v) is 4.51. The molecule has 1 saturated carbocycles. The van der Waals surface area contributed by atoms with Crippen molar-refractivity contribution >= 4 is 0 Å². The van der Waals surface area contributed by atoms with Crippen LogP contribution in [0.1, 0.15) is 58.8 Å². The van der Waals surface area contributed by atoms with Gasteiger partial charge < -0.3 is 0 Å². The summed E-state index contributed by atoms with van der Waals surface area (Å²) in [4.78, 5) is 0. The van der Waals surface area contributed by atoms with Crippen LogP contribution < -0.4 is 0 Å². The lowest BCUT2D eigenvalue weighted by Crippen LogP contribution is -2.26. The highest BCUT2D eigenvalue weighted by Crippen LogP contribution is 2.43. The van der Waals surface area contributed by atoms with Crippen molar-refractivity contribution in [1.29, 1.82) is 5.26 Å². The van der Waals surface area contributed by atoms with E-state index >= 15 is 0 Å². The second kappa shape index (κ2) is 4.65. The molecule has 1 nitrogen and oxygen atoms in total. The number of nitrogens with zero attached hydrogens (tertiary/aromatic N) is 1. The third-order valence-electron chi connectivity index (χ3n) is 3.49. The smallest absolute Gasteiger partial charge is 0.0689 e. The lowest BCUT2D eigenvalue weighted by atomic mass is 9.68. The molecular formula is C12H21N. The standard InChI is InChI=1S/C12H21N/c1-3-7-12(10-13)8-5-6-11(4-2)9-12/h11H,3-9H2,1-2H3. The molecule has 2 atom stereocenters. The van der Waals surface area contributed by atoms with Gasteiger partial charge in [-0.1, -0.05) is 39.5 Å². The minimum Gasteiger partial charge on any atom is -0.198 e. The van der Waals surface area contributed by atoms with Gasteiger partial charge in [-0.3, -0.25) is 0 Å². The SMILES string of the molecule is CCCC1(C#N)CCCC(CC)C1. The summed E-state index contributed by atoms with van der Waals surface area (Å²) >= 11 is 0. The first-order chi connectivity index (χ1) is 6.26. The van der Waals surface area contributed by atoms with E-state index in [1.165, 1.54) is 19.3 Å². The molecule has 1 fully saturated rings. The van der Waals surface area contributed by atoms with Gasteiger partial charge in [-0.2, -0.15) is 5.26 Å². The highest BCUT2D eigenvalue weighted by molar-refractivity contribution is 5.01. The van der Waals surface area contributed by atoms with Gasteiger partial charge in [-0.05, 0) is 25.2 Å². The quantitative estimate of drug-likeness (QED) is 0.644. The molecule has 0 aliphatic heterocycles. The summed E-state index contributed by atoms with van der Waals surface area (Å²) in [6.45, 7) is 4.44. The van der Waals surface area contributed by atoms with Crippen LogP contribution in [0.5, 0.6) is 0 Å². The van der Waals surface area contributed by atoms with Gasteiger partial charge in [0.15, 0.2) is 0 Å². The summed E-state index contributed by atoms with van der Waals surface area (Å²) in [7, 11) is 0. The summed E-state index contributed by atoms with van der Waals surface area (Å²) in [6.07, 6.45) is 8.45. The fourth-order valence-electron chi connectivity index (χ4n) is 2.70. The van der Waals surface area contributed by atoms with Crippen LogP contribution in [0.15, 0.2) is 0 Å². The van der Waals surface area contributed by atoms with Crippen LogP contribution in [-0.4, -0.2) is 0 Å². The predicted octanol–water partition coefficient (Wildman–Crippen LogP) is 3.90. The Morgan fingerprint density at radius 2 is 2.23 bits per heavy atom. The Hall–Kier alpha value is -0.510. The molecule has 1 rings (SSSR count). The van der Waals surface area contributed by atoms with Gasteiger partial charge in [0.25, 0.3) is 0 Å². The van der Waals surface area contributed by atoms with Crippen molar-refractivity contribution in [3.05, 3.63) is 0 Å². The zero-order valence-electron chi connectivity index (χ0n) is 8.97. The predicted molar refractivity (Wildman–Crippen MR) is 55.2 cm³/mol. The average Bonchev–Trinajstić information content (AvgIpc) is 2.19. The van der Waals surface area contributed by atoms with E-state index < -0.39 is 0 Å². The Balaban J connectivity index is 2.59. The summed E-state index contributed by atoms with van der Waals surface area (Å²) in [5.41, 5.74) is 0.0493. The average molecular weight is 179 g/mol. The molecule has 2 unspecified atom stereocenters. The number of hydrogen-bond acceptors (Lipinski definition) is 1. The third-order valence-corrected chi connectivity index (χ3v) is 3.49. The zero-order valence-corrected chi connectivity index (χ0v) is 8.97. The fourth-order valence-corrected chi connectivity index (χ4v) is 2.70. The monoisotopic (exact) mass is 179 g/mol. The maximum Gasteiger partial charge on any atom is 0.0689 e. The van der Waals surface area contributed by atoms with E-state index in [-0.39, 0.29) is 5.41 Å². The maximum atomic E-state index is 9.24. The van der Waals surface area contributed by atoms with Gasteiger partial charge in [-0.15, -0.1) is 0 Å². The summed E-state index contributed by atoms with van der Waals surface area (Å²) in [5, 5.41) is 9.24. The molecule has 0 amide bonds. The highest BCUT2D eigenvalue weighted by Gasteiger charge is 2.34. The van der Waals surface area contributed by atoms with Gasteiger partial charge in [0.05, 0.1) is 11.5 Å². The number of rotatable bonds is 3. The van der Waals surface area contributed by atoms with E-state index in [4.69, 9.17) is 0 Å². The molecule has 1 aliphatic rings. The largest absolute Gasteiger partial charge is 0.198 e. The Morgan fingerprint density at radius 1 is 1.46 bits per heavy atom. The van der Waals surface area contributed by atoms with E-state index in [1.54, 1.807) is 0 Å². The van der Waals surface area contributed by atoms with Crippen LogP contribution >= 0.6 is 0 Å². The molecule has 13 heavy (non-hydrogen) atoms. The lowest BCUT2D eigenvalue weighted by Gasteiger charge is -2.35. The highest BCUT2D eigenvalue weighted by atomic mass is 14.4. The summed E-state index contributed by atoms with van der Waals surface area (Å²) in [6, 6.07) is 2.58. The Kier molecular flexibility index (Phi) is 3.78. The molecule has 0 aromatic heterocycles. The molecular weight excluding hydrogens is 158 g/mol. The second-order valence-electron chi connectivity index (χ2n) is 4.51. The molecule has 0 bridgehead atoms. The van der Waals surface area contributed by atoms with E-state index in [1.807, 2.05) is 0 Å².